The highest BCUT2D eigenvalue weighted by atomic mass is 32.2. The van der Waals surface area contributed by atoms with Gasteiger partial charge in [0.1, 0.15) is 5.69 Å². The Balaban J connectivity index is 1.61. The predicted octanol–water partition coefficient (Wildman–Crippen LogP) is 3.60. The third-order valence-corrected chi connectivity index (χ3v) is 5.46. The largest absolute Gasteiger partial charge is 0.378 e. The summed E-state index contributed by atoms with van der Waals surface area (Å²) in [5.41, 5.74) is 3.85. The van der Waals surface area contributed by atoms with Crippen LogP contribution in [0.15, 0.2) is 71.7 Å². The first kappa shape index (κ1) is 15.9. The number of hydrogen-bond donors (Lipinski definition) is 1. The molecule has 2 unspecified atom stereocenters. The molecule has 2 aromatic rings. The van der Waals surface area contributed by atoms with Crippen LogP contribution in [0.3, 0.4) is 0 Å². The van der Waals surface area contributed by atoms with Gasteiger partial charge >= 0.3 is 0 Å². The first-order valence-electron chi connectivity index (χ1n) is 7.87. The topological polar surface area (TPSA) is 7.68 Å². The summed E-state index contributed by atoms with van der Waals surface area (Å²) in [4.78, 5) is 4.95. The fourth-order valence-electron chi connectivity index (χ4n) is 2.67. The zero-order valence-electron chi connectivity index (χ0n) is 13.9. The van der Waals surface area contributed by atoms with Gasteiger partial charge in [0, 0.05) is 25.8 Å². The van der Waals surface area contributed by atoms with Gasteiger partial charge in [0.15, 0.2) is 5.37 Å². The van der Waals surface area contributed by atoms with E-state index in [0.29, 0.717) is 5.37 Å². The summed E-state index contributed by atoms with van der Waals surface area (Å²) in [5, 5.41) is 0.452. The van der Waals surface area contributed by atoms with Crippen molar-refractivity contribution in [1.82, 2.24) is 0 Å². The molecular weight excluding hydrogens is 300 g/mol. The van der Waals surface area contributed by atoms with Gasteiger partial charge in [0.2, 0.25) is 0 Å². The molecular formula is C20H23N2S+. The Bertz CT molecular complexity index is 717. The van der Waals surface area contributed by atoms with Crippen LogP contribution in [0, 0.1) is 0 Å². The number of anilines is 1. The van der Waals surface area contributed by atoms with Gasteiger partial charge in [-0.3, -0.25) is 4.90 Å². The van der Waals surface area contributed by atoms with Crippen molar-refractivity contribution in [3.63, 3.8) is 0 Å². The summed E-state index contributed by atoms with van der Waals surface area (Å²) in [6, 6.07) is 17.2. The predicted molar refractivity (Wildman–Crippen MR) is 102 cm³/mol. The molecule has 3 heteroatoms. The van der Waals surface area contributed by atoms with Crippen molar-refractivity contribution < 1.29 is 4.90 Å². The number of hydrogen-bond acceptors (Lipinski definition) is 2. The molecule has 1 aliphatic heterocycles. The Morgan fingerprint density at radius 3 is 2.43 bits per heavy atom. The van der Waals surface area contributed by atoms with Gasteiger partial charge in [0.05, 0.1) is 11.9 Å². The van der Waals surface area contributed by atoms with Crippen molar-refractivity contribution in [1.29, 1.82) is 0 Å². The number of nitrogens with zero attached hydrogens (tertiary/aromatic N) is 1. The lowest BCUT2D eigenvalue weighted by molar-refractivity contribution is -0.812. The lowest BCUT2D eigenvalue weighted by Gasteiger charge is -2.12. The van der Waals surface area contributed by atoms with Crippen molar-refractivity contribution in [2.75, 3.05) is 26.0 Å². The van der Waals surface area contributed by atoms with Crippen LogP contribution in [-0.2, 0) is 0 Å². The molecule has 0 radical (unpaired) electrons. The van der Waals surface area contributed by atoms with Crippen LogP contribution in [0.5, 0.6) is 0 Å². The Morgan fingerprint density at radius 2 is 1.74 bits per heavy atom. The normalized spacial score (nSPS) is 20.3. The van der Waals surface area contributed by atoms with E-state index in [0.717, 1.165) is 0 Å². The van der Waals surface area contributed by atoms with E-state index in [-0.39, 0.29) is 0 Å². The maximum absolute atomic E-state index is 2.28. The molecule has 3 rings (SSSR count). The molecule has 1 aliphatic rings. The van der Waals surface area contributed by atoms with Gasteiger partial charge in [-0.05, 0) is 29.8 Å². The second-order valence-corrected chi connectivity index (χ2v) is 7.13. The number of para-hydroxylation sites is 1. The second kappa shape index (κ2) is 7.07. The molecule has 0 saturated heterocycles. The van der Waals surface area contributed by atoms with E-state index in [2.05, 4.69) is 98.9 Å². The molecule has 2 aromatic carbocycles. The monoisotopic (exact) mass is 323 g/mol. The highest BCUT2D eigenvalue weighted by Crippen LogP contribution is 2.32. The summed E-state index contributed by atoms with van der Waals surface area (Å²) in [6.45, 7) is 0. The zero-order valence-corrected chi connectivity index (χ0v) is 14.7. The van der Waals surface area contributed by atoms with E-state index in [4.69, 9.17) is 0 Å². The molecule has 0 fully saturated rings. The number of nitrogens with one attached hydrogen (secondary N) is 1. The summed E-state index contributed by atoms with van der Waals surface area (Å²) >= 11 is 1.93. The summed E-state index contributed by atoms with van der Waals surface area (Å²) < 4.78 is 0. The minimum Gasteiger partial charge on any atom is -0.378 e. The molecule has 0 amide bonds. The first-order chi connectivity index (χ1) is 11.1. The van der Waals surface area contributed by atoms with Crippen LogP contribution in [0.1, 0.15) is 5.56 Å². The Hall–Kier alpha value is -1.97. The smallest absolute Gasteiger partial charge is 0.162 e. The standard InChI is InChI=1S/C20H22N2S/c1-21(2)17-14-12-16(13-15-17)8-4-7-11-20-22(3)18-9-5-6-10-19(18)23-20/h4-15,20H,1-3H3/p+1/b8-4+,11-7+. The lowest BCUT2D eigenvalue weighted by Crippen LogP contribution is -3.05. The summed E-state index contributed by atoms with van der Waals surface area (Å²) in [5.74, 6) is 0. The molecule has 2 atom stereocenters. The van der Waals surface area contributed by atoms with Crippen LogP contribution in [-0.4, -0.2) is 26.5 Å². The Labute approximate surface area is 143 Å². The molecule has 118 valence electrons. The maximum atomic E-state index is 2.28. The van der Waals surface area contributed by atoms with Gasteiger partial charge in [-0.1, -0.05) is 54.3 Å². The Kier molecular flexibility index (Phi) is 4.89. The van der Waals surface area contributed by atoms with E-state index >= 15 is 0 Å². The van der Waals surface area contributed by atoms with Crippen LogP contribution >= 0.6 is 11.8 Å². The van der Waals surface area contributed by atoms with Crippen molar-refractivity contribution in [3.8, 4) is 0 Å². The first-order valence-corrected chi connectivity index (χ1v) is 8.75. The van der Waals surface area contributed by atoms with Crippen LogP contribution in [0.25, 0.3) is 6.08 Å². The fraction of sp³-hybridized carbons (Fsp3) is 0.200. The molecule has 2 nitrogen and oxygen atoms in total. The van der Waals surface area contributed by atoms with Gasteiger partial charge in [-0.25, -0.2) is 0 Å². The number of thioether (sulfide) groups is 1. The van der Waals surface area contributed by atoms with Crippen LogP contribution < -0.4 is 9.80 Å². The molecule has 0 aromatic heterocycles. The molecule has 23 heavy (non-hydrogen) atoms. The maximum Gasteiger partial charge on any atom is 0.162 e. The van der Waals surface area contributed by atoms with E-state index in [1.54, 1.807) is 0 Å². The number of benzene rings is 2. The number of likely N-dealkylation sites (N-methyl/N-ethyl adjacent to an activating group) is 1. The van der Waals surface area contributed by atoms with E-state index in [9.17, 15) is 0 Å². The number of allylic oxidation sites excluding steroid dienone is 2. The molecule has 0 saturated carbocycles. The number of fused-ring (bicyclic) bond motifs is 1. The summed E-state index contributed by atoms with van der Waals surface area (Å²) in [6.07, 6.45) is 8.72. The van der Waals surface area contributed by atoms with E-state index in [1.165, 1.54) is 26.7 Å². The average Bonchev–Trinajstić information content (AvgIpc) is 2.89. The van der Waals surface area contributed by atoms with Crippen LogP contribution in [0.2, 0.25) is 0 Å². The van der Waals surface area contributed by atoms with Crippen molar-refractivity contribution in [2.24, 2.45) is 0 Å². The van der Waals surface area contributed by atoms with Crippen molar-refractivity contribution in [3.05, 3.63) is 72.3 Å². The van der Waals surface area contributed by atoms with E-state index in [1.807, 2.05) is 11.8 Å². The van der Waals surface area contributed by atoms with Crippen LogP contribution in [0.4, 0.5) is 11.4 Å². The molecule has 1 N–H and O–H groups in total. The summed E-state index contributed by atoms with van der Waals surface area (Å²) in [7, 11) is 6.35. The minimum atomic E-state index is 0.452. The van der Waals surface area contributed by atoms with Crippen molar-refractivity contribution >= 4 is 29.2 Å². The van der Waals surface area contributed by atoms with Gasteiger partial charge in [-0.2, -0.15) is 0 Å². The molecule has 0 spiro atoms. The SMILES string of the molecule is CN(C)c1ccc(/C=C/C=C/C2Sc3ccccc3[NH+]2C)cc1. The zero-order chi connectivity index (χ0) is 16.2. The van der Waals surface area contributed by atoms with E-state index < -0.39 is 0 Å². The molecule has 0 bridgehead atoms. The Morgan fingerprint density at radius 1 is 1.00 bits per heavy atom. The fourth-order valence-corrected chi connectivity index (χ4v) is 3.93. The third kappa shape index (κ3) is 3.69. The second-order valence-electron chi connectivity index (χ2n) is 5.95. The quantitative estimate of drug-likeness (QED) is 0.860. The van der Waals surface area contributed by atoms with Gasteiger partial charge < -0.3 is 4.90 Å². The van der Waals surface area contributed by atoms with Crippen molar-refractivity contribution in [2.45, 2.75) is 10.3 Å². The third-order valence-electron chi connectivity index (χ3n) is 4.09. The average molecular weight is 323 g/mol. The molecule has 1 heterocycles. The number of rotatable bonds is 4. The minimum absolute atomic E-state index is 0.452. The van der Waals surface area contributed by atoms with Gasteiger partial charge in [0.25, 0.3) is 0 Å². The number of quaternary nitrogens is 1. The van der Waals surface area contributed by atoms with Gasteiger partial charge in [-0.15, -0.1) is 0 Å². The molecule has 0 aliphatic carbocycles. The lowest BCUT2D eigenvalue weighted by atomic mass is 10.2. The highest BCUT2D eigenvalue weighted by molar-refractivity contribution is 8.00. The highest BCUT2D eigenvalue weighted by Gasteiger charge is 2.29.